The van der Waals surface area contributed by atoms with Crippen molar-refractivity contribution >= 4 is 29.3 Å². The second kappa shape index (κ2) is 5.46. The van der Waals surface area contributed by atoms with Crippen molar-refractivity contribution in [3.8, 4) is 0 Å². The van der Waals surface area contributed by atoms with E-state index in [1.165, 1.54) is 19.5 Å². The minimum Gasteiger partial charge on any atom is -0.356 e. The van der Waals surface area contributed by atoms with Crippen molar-refractivity contribution < 1.29 is 0 Å². The van der Waals surface area contributed by atoms with Crippen LogP contribution in [0.4, 0.5) is 5.82 Å². The predicted molar refractivity (Wildman–Crippen MR) is 87.0 cm³/mol. The molecule has 0 spiro atoms. The van der Waals surface area contributed by atoms with Gasteiger partial charge in [0.1, 0.15) is 17.8 Å². The van der Waals surface area contributed by atoms with Crippen LogP contribution >= 0.6 is 12.4 Å². The Hall–Kier alpha value is -1.33. The van der Waals surface area contributed by atoms with Gasteiger partial charge in [-0.3, -0.25) is 0 Å². The van der Waals surface area contributed by atoms with Gasteiger partial charge in [0.25, 0.3) is 0 Å². The molecule has 4 rings (SSSR count). The Bertz CT molecular complexity index is 627. The minimum absolute atomic E-state index is 0. The zero-order valence-electron chi connectivity index (χ0n) is 12.4. The van der Waals surface area contributed by atoms with Crippen molar-refractivity contribution in [3.05, 3.63) is 18.6 Å². The molecule has 2 fully saturated rings. The van der Waals surface area contributed by atoms with Crippen LogP contribution in [0.15, 0.2) is 18.6 Å². The van der Waals surface area contributed by atoms with Gasteiger partial charge in [-0.1, -0.05) is 6.92 Å². The standard InChI is InChI=1S/C15H21N5.ClH/c1-9-12-7-16-6-10(12)5-13(9)20(2)15-11-3-4-17-14(11)18-8-19-15;/h3-4,8-10,12-13,16H,5-7H2,1-2H3,(H,17,18,19);1H/t9-,10+,12-,13-;/m0./s1. The lowest BCUT2D eigenvalue weighted by Gasteiger charge is -2.31. The van der Waals surface area contributed by atoms with Gasteiger partial charge in [-0.15, -0.1) is 12.4 Å². The van der Waals surface area contributed by atoms with Crippen molar-refractivity contribution in [1.29, 1.82) is 0 Å². The summed E-state index contributed by atoms with van der Waals surface area (Å²) in [7, 11) is 2.18. The van der Waals surface area contributed by atoms with Gasteiger partial charge in [0, 0.05) is 19.3 Å². The summed E-state index contributed by atoms with van der Waals surface area (Å²) in [5.41, 5.74) is 0.925. The molecule has 4 atom stereocenters. The fourth-order valence-corrected chi connectivity index (χ4v) is 4.24. The van der Waals surface area contributed by atoms with Gasteiger partial charge >= 0.3 is 0 Å². The number of nitrogens with one attached hydrogen (secondary N) is 2. The molecule has 1 saturated carbocycles. The van der Waals surface area contributed by atoms with E-state index in [0.29, 0.717) is 12.0 Å². The van der Waals surface area contributed by atoms with Gasteiger partial charge in [0.15, 0.2) is 0 Å². The van der Waals surface area contributed by atoms with E-state index in [1.807, 2.05) is 6.20 Å². The minimum atomic E-state index is 0. The highest BCUT2D eigenvalue weighted by molar-refractivity contribution is 5.87. The Morgan fingerprint density at radius 3 is 2.95 bits per heavy atom. The van der Waals surface area contributed by atoms with Crippen LogP contribution in [0.5, 0.6) is 0 Å². The second-order valence-electron chi connectivity index (χ2n) is 6.29. The molecule has 2 aromatic rings. The number of anilines is 1. The Balaban J connectivity index is 0.00000132. The molecule has 2 aromatic heterocycles. The van der Waals surface area contributed by atoms with E-state index in [0.717, 1.165) is 28.7 Å². The maximum atomic E-state index is 4.53. The summed E-state index contributed by atoms with van der Waals surface area (Å²) in [6.07, 6.45) is 4.87. The molecular weight excluding hydrogens is 286 g/mol. The smallest absolute Gasteiger partial charge is 0.142 e. The van der Waals surface area contributed by atoms with E-state index in [-0.39, 0.29) is 12.4 Å². The lowest BCUT2D eigenvalue weighted by Crippen LogP contribution is -2.37. The van der Waals surface area contributed by atoms with Crippen molar-refractivity contribution in [2.45, 2.75) is 19.4 Å². The number of rotatable bonds is 2. The summed E-state index contributed by atoms with van der Waals surface area (Å²) in [4.78, 5) is 14.4. The van der Waals surface area contributed by atoms with Gasteiger partial charge in [0.05, 0.1) is 5.39 Å². The zero-order valence-corrected chi connectivity index (χ0v) is 13.2. The van der Waals surface area contributed by atoms with Crippen molar-refractivity contribution in [2.75, 3.05) is 25.0 Å². The topological polar surface area (TPSA) is 56.8 Å². The molecule has 1 aliphatic heterocycles. The SMILES string of the molecule is C[C@H]1[C@@H]2CNC[C@H]2C[C@@H]1N(C)c1ncnc2[nH]ccc12.Cl. The molecule has 3 heterocycles. The Morgan fingerprint density at radius 1 is 1.29 bits per heavy atom. The van der Waals surface area contributed by atoms with E-state index in [1.54, 1.807) is 6.33 Å². The first-order chi connectivity index (χ1) is 9.75. The molecule has 2 N–H and O–H groups in total. The number of aromatic nitrogens is 3. The van der Waals surface area contributed by atoms with E-state index < -0.39 is 0 Å². The highest BCUT2D eigenvalue weighted by Gasteiger charge is 2.44. The summed E-state index contributed by atoms with van der Waals surface area (Å²) in [6, 6.07) is 2.66. The highest BCUT2D eigenvalue weighted by atomic mass is 35.5. The molecule has 0 bridgehead atoms. The molecule has 5 nitrogen and oxygen atoms in total. The fourth-order valence-electron chi connectivity index (χ4n) is 4.24. The van der Waals surface area contributed by atoms with E-state index in [2.05, 4.69) is 45.2 Å². The highest BCUT2D eigenvalue weighted by Crippen LogP contribution is 2.42. The van der Waals surface area contributed by atoms with Crippen molar-refractivity contribution in [1.82, 2.24) is 20.3 Å². The summed E-state index contributed by atoms with van der Waals surface area (Å²) >= 11 is 0. The number of aromatic amines is 1. The molecule has 0 aromatic carbocycles. The first-order valence-electron chi connectivity index (χ1n) is 7.47. The molecule has 0 unspecified atom stereocenters. The summed E-state index contributed by atoms with van der Waals surface area (Å²) in [6.45, 7) is 4.76. The zero-order chi connectivity index (χ0) is 13.7. The summed E-state index contributed by atoms with van der Waals surface area (Å²) < 4.78 is 0. The Morgan fingerprint density at radius 2 is 2.14 bits per heavy atom. The van der Waals surface area contributed by atoms with Crippen LogP contribution in [0.2, 0.25) is 0 Å². The molecule has 1 saturated heterocycles. The van der Waals surface area contributed by atoms with Crippen LogP contribution in [0.3, 0.4) is 0 Å². The maximum absolute atomic E-state index is 4.53. The third-order valence-corrected chi connectivity index (χ3v) is 5.38. The number of fused-ring (bicyclic) bond motifs is 2. The quantitative estimate of drug-likeness (QED) is 0.892. The molecule has 6 heteroatoms. The average Bonchev–Trinajstić information content (AvgIpc) is 3.15. The van der Waals surface area contributed by atoms with Crippen LogP contribution in [0.1, 0.15) is 13.3 Å². The molecule has 0 amide bonds. The maximum Gasteiger partial charge on any atom is 0.142 e. The summed E-state index contributed by atoms with van der Waals surface area (Å²) in [5.74, 6) is 3.43. The largest absolute Gasteiger partial charge is 0.356 e. The lowest BCUT2D eigenvalue weighted by molar-refractivity contribution is 0.381. The normalized spacial score (nSPS) is 31.1. The van der Waals surface area contributed by atoms with Crippen LogP contribution in [0, 0.1) is 17.8 Å². The fraction of sp³-hybridized carbons (Fsp3) is 0.600. The van der Waals surface area contributed by atoms with Gasteiger partial charge in [-0.25, -0.2) is 9.97 Å². The molecule has 2 aliphatic rings. The molecule has 1 aliphatic carbocycles. The van der Waals surface area contributed by atoms with Crippen LogP contribution in [0.25, 0.3) is 11.0 Å². The first-order valence-corrected chi connectivity index (χ1v) is 7.47. The van der Waals surface area contributed by atoms with E-state index in [9.17, 15) is 0 Å². The third-order valence-electron chi connectivity index (χ3n) is 5.38. The monoisotopic (exact) mass is 307 g/mol. The van der Waals surface area contributed by atoms with Gasteiger partial charge < -0.3 is 15.2 Å². The molecule has 21 heavy (non-hydrogen) atoms. The van der Waals surface area contributed by atoms with Crippen LogP contribution in [-0.4, -0.2) is 41.1 Å². The Kier molecular flexibility index (Phi) is 3.80. The number of nitrogens with zero attached hydrogens (tertiary/aromatic N) is 3. The number of hydrogen-bond donors (Lipinski definition) is 2. The first kappa shape index (κ1) is 14.6. The van der Waals surface area contributed by atoms with Crippen molar-refractivity contribution in [2.24, 2.45) is 17.8 Å². The predicted octanol–water partition coefficient (Wildman–Crippen LogP) is 2.06. The average molecular weight is 308 g/mol. The molecule has 0 radical (unpaired) electrons. The Labute approximate surface area is 130 Å². The van der Waals surface area contributed by atoms with Crippen LogP contribution in [-0.2, 0) is 0 Å². The summed E-state index contributed by atoms with van der Waals surface area (Å²) in [5, 5.41) is 4.65. The van der Waals surface area contributed by atoms with Gasteiger partial charge in [0.2, 0.25) is 0 Å². The van der Waals surface area contributed by atoms with E-state index >= 15 is 0 Å². The second-order valence-corrected chi connectivity index (χ2v) is 6.29. The molecular formula is C15H22ClN5. The van der Waals surface area contributed by atoms with E-state index in [4.69, 9.17) is 0 Å². The lowest BCUT2D eigenvalue weighted by atomic mass is 9.93. The molecule has 114 valence electrons. The van der Waals surface area contributed by atoms with Gasteiger partial charge in [-0.2, -0.15) is 0 Å². The number of hydrogen-bond acceptors (Lipinski definition) is 4. The third kappa shape index (κ3) is 2.19. The van der Waals surface area contributed by atoms with Crippen LogP contribution < -0.4 is 10.2 Å². The van der Waals surface area contributed by atoms with Gasteiger partial charge in [-0.05, 0) is 43.3 Å². The number of halogens is 1. The van der Waals surface area contributed by atoms with Crippen molar-refractivity contribution in [3.63, 3.8) is 0 Å². The number of H-pyrrole nitrogens is 1.